The first-order valence-corrected chi connectivity index (χ1v) is 13.6. The molecule has 6 nitrogen and oxygen atoms in total. The van der Waals surface area contributed by atoms with Gasteiger partial charge < -0.3 is 10.1 Å². The lowest BCUT2D eigenvalue weighted by Gasteiger charge is -2.09. The summed E-state index contributed by atoms with van der Waals surface area (Å²) in [7, 11) is 0. The van der Waals surface area contributed by atoms with E-state index in [4.69, 9.17) is 16.3 Å². The highest BCUT2D eigenvalue weighted by Crippen LogP contribution is 2.16. The summed E-state index contributed by atoms with van der Waals surface area (Å²) in [5.41, 5.74) is 0.510. The minimum absolute atomic E-state index is 0.255. The largest absolute Gasteiger partial charge is 0.463 e. The maximum Gasteiger partial charge on any atom is 0.330 e. The highest BCUT2D eigenvalue weighted by molar-refractivity contribution is 6.30. The van der Waals surface area contributed by atoms with E-state index in [1.807, 2.05) is 25.2 Å². The Morgan fingerprint density at radius 2 is 1.62 bits per heavy atom. The summed E-state index contributed by atoms with van der Waals surface area (Å²) in [4.78, 5) is 34.5. The van der Waals surface area contributed by atoms with Crippen molar-refractivity contribution in [3.8, 4) is 0 Å². The van der Waals surface area contributed by atoms with Crippen LogP contribution in [0.4, 0.5) is 19.3 Å². The predicted octanol–water partition coefficient (Wildman–Crippen LogP) is 8.48. The summed E-state index contributed by atoms with van der Waals surface area (Å²) in [6.07, 6.45) is 10.7. The monoisotopic (exact) mass is 576 g/mol. The molecule has 9 heteroatoms. The first kappa shape index (κ1) is 34.5. The van der Waals surface area contributed by atoms with E-state index in [-0.39, 0.29) is 5.97 Å². The van der Waals surface area contributed by atoms with Gasteiger partial charge in [0.15, 0.2) is 0 Å². The first-order valence-electron chi connectivity index (χ1n) is 13.3. The lowest BCUT2D eigenvalue weighted by Crippen LogP contribution is -2.35. The standard InChI is InChI=1S/C17H30O2.C14H9ClF2N2O2/c1-6-19-17(18)13-16(5)12-8-11-15(4)10-7-9-14(2)3;15-8-4-6-9(7-5-8)18-14(21)19-13(20)12-10(16)2-1-3-11(12)17/h8,12-15H,6-7,9-11H2,1-5H3;1-7H,(H2,18,19,20,21)/b12-8+,16-13+;. The first-order chi connectivity index (χ1) is 18.9. The smallest absolute Gasteiger partial charge is 0.330 e. The third-order valence-electron chi connectivity index (χ3n) is 5.55. The number of hydrogen-bond acceptors (Lipinski definition) is 4. The molecule has 0 aromatic heterocycles. The van der Waals surface area contributed by atoms with Crippen molar-refractivity contribution in [2.75, 3.05) is 11.9 Å². The fourth-order valence-corrected chi connectivity index (χ4v) is 3.60. The normalized spacial score (nSPS) is 12.0. The number of rotatable bonds is 11. The van der Waals surface area contributed by atoms with Gasteiger partial charge in [-0.2, -0.15) is 0 Å². The van der Waals surface area contributed by atoms with Crippen LogP contribution in [0.15, 0.2) is 66.3 Å². The van der Waals surface area contributed by atoms with Gasteiger partial charge in [-0.15, -0.1) is 0 Å². The molecule has 0 radical (unpaired) electrons. The van der Waals surface area contributed by atoms with Crippen molar-refractivity contribution in [1.29, 1.82) is 0 Å². The van der Waals surface area contributed by atoms with Gasteiger partial charge in [0.1, 0.15) is 17.2 Å². The molecular formula is C31H39ClF2N2O4. The second kappa shape index (κ2) is 18.7. The molecule has 1 unspecified atom stereocenters. The van der Waals surface area contributed by atoms with Gasteiger partial charge in [-0.25, -0.2) is 18.4 Å². The number of imide groups is 1. The van der Waals surface area contributed by atoms with Gasteiger partial charge in [0, 0.05) is 16.8 Å². The Morgan fingerprint density at radius 3 is 2.20 bits per heavy atom. The van der Waals surface area contributed by atoms with E-state index in [1.165, 1.54) is 43.5 Å². The van der Waals surface area contributed by atoms with Crippen LogP contribution in [0.2, 0.25) is 5.02 Å². The Hall–Kier alpha value is -3.52. The highest BCUT2D eigenvalue weighted by atomic mass is 35.5. The molecule has 0 spiro atoms. The number of nitrogens with one attached hydrogen (secondary N) is 2. The summed E-state index contributed by atoms with van der Waals surface area (Å²) in [6, 6.07) is 8.15. The summed E-state index contributed by atoms with van der Waals surface area (Å²) < 4.78 is 31.6. The molecule has 0 aliphatic rings. The fourth-order valence-electron chi connectivity index (χ4n) is 3.47. The van der Waals surface area contributed by atoms with Crippen molar-refractivity contribution in [2.24, 2.45) is 11.8 Å². The average molecular weight is 577 g/mol. The lowest BCUT2D eigenvalue weighted by molar-refractivity contribution is -0.137. The molecule has 0 saturated heterocycles. The van der Waals surface area contributed by atoms with Crippen LogP contribution >= 0.6 is 11.6 Å². The molecule has 2 aromatic carbocycles. The molecule has 0 aliphatic carbocycles. The quantitative estimate of drug-likeness (QED) is 0.160. The third kappa shape index (κ3) is 14.6. The second-order valence-corrected chi connectivity index (χ2v) is 10.2. The van der Waals surface area contributed by atoms with Crippen LogP contribution in [-0.2, 0) is 9.53 Å². The second-order valence-electron chi connectivity index (χ2n) is 9.72. The predicted molar refractivity (Wildman–Crippen MR) is 156 cm³/mol. The lowest BCUT2D eigenvalue weighted by atomic mass is 9.97. The van der Waals surface area contributed by atoms with Crippen LogP contribution in [0, 0.1) is 23.5 Å². The summed E-state index contributed by atoms with van der Waals surface area (Å²) in [5, 5.41) is 4.65. The molecule has 40 heavy (non-hydrogen) atoms. The zero-order valence-corrected chi connectivity index (χ0v) is 24.5. The molecule has 0 bridgehead atoms. The van der Waals surface area contributed by atoms with Crippen LogP contribution in [-0.4, -0.2) is 24.5 Å². The number of urea groups is 1. The number of esters is 1. The molecule has 3 amide bonds. The zero-order valence-electron chi connectivity index (χ0n) is 23.7. The number of amides is 3. The van der Waals surface area contributed by atoms with Crippen LogP contribution in [0.5, 0.6) is 0 Å². The maximum atomic E-state index is 13.4. The van der Waals surface area contributed by atoms with Crippen molar-refractivity contribution in [1.82, 2.24) is 5.32 Å². The van der Waals surface area contributed by atoms with E-state index in [0.29, 0.717) is 23.2 Å². The zero-order chi connectivity index (χ0) is 30.1. The van der Waals surface area contributed by atoms with E-state index in [2.05, 4.69) is 32.2 Å². The molecule has 0 heterocycles. The van der Waals surface area contributed by atoms with Gasteiger partial charge in [0.25, 0.3) is 5.91 Å². The van der Waals surface area contributed by atoms with Crippen LogP contribution in [0.3, 0.4) is 0 Å². The van der Waals surface area contributed by atoms with Crippen molar-refractivity contribution in [3.05, 3.63) is 88.5 Å². The van der Waals surface area contributed by atoms with Gasteiger partial charge in [-0.1, -0.05) is 69.9 Å². The minimum atomic E-state index is -1.17. The molecule has 1 atom stereocenters. The van der Waals surface area contributed by atoms with Gasteiger partial charge in [-0.3, -0.25) is 10.1 Å². The van der Waals surface area contributed by atoms with E-state index < -0.39 is 29.1 Å². The number of anilines is 1. The van der Waals surface area contributed by atoms with Gasteiger partial charge in [-0.05, 0) is 74.1 Å². The Labute approximate surface area is 240 Å². The van der Waals surface area contributed by atoms with Crippen LogP contribution in [0.1, 0.15) is 70.7 Å². The fraction of sp³-hybridized carbons (Fsp3) is 0.387. The Morgan fingerprint density at radius 1 is 1.00 bits per heavy atom. The Bertz CT molecular complexity index is 1140. The molecule has 0 saturated carbocycles. The number of ether oxygens (including phenoxy) is 1. The number of carbonyl (C=O) groups is 3. The molecule has 2 rings (SSSR count). The molecule has 0 fully saturated rings. The average Bonchev–Trinajstić information content (AvgIpc) is 2.85. The van der Waals surface area contributed by atoms with Gasteiger partial charge >= 0.3 is 12.0 Å². The molecule has 0 aliphatic heterocycles. The summed E-state index contributed by atoms with van der Waals surface area (Å²) in [5.74, 6) is -2.01. The molecule has 2 N–H and O–H groups in total. The Balaban J connectivity index is 0.000000403. The molecule has 2 aromatic rings. The summed E-state index contributed by atoms with van der Waals surface area (Å²) in [6.45, 7) is 11.0. The van der Waals surface area contributed by atoms with Gasteiger partial charge in [0.05, 0.1) is 6.61 Å². The van der Waals surface area contributed by atoms with E-state index in [9.17, 15) is 23.2 Å². The van der Waals surface area contributed by atoms with Crippen molar-refractivity contribution >= 4 is 35.2 Å². The number of hydrogen-bond donors (Lipinski definition) is 2. The van der Waals surface area contributed by atoms with Crippen LogP contribution in [0.25, 0.3) is 0 Å². The van der Waals surface area contributed by atoms with Gasteiger partial charge in [0.2, 0.25) is 0 Å². The van der Waals surface area contributed by atoms with Crippen molar-refractivity contribution in [3.63, 3.8) is 0 Å². The van der Waals surface area contributed by atoms with Crippen molar-refractivity contribution in [2.45, 2.75) is 60.3 Å². The Kier molecular flexibility index (Phi) is 16.1. The number of allylic oxidation sites excluding steroid dienone is 3. The number of carbonyl (C=O) groups excluding carboxylic acids is 3. The topological polar surface area (TPSA) is 84.5 Å². The van der Waals surface area contributed by atoms with E-state index >= 15 is 0 Å². The SMILES string of the molecule is CCOC(=O)/C=C(C)/C=C/CC(C)CCCC(C)C.O=C(NC(=O)c1c(F)cccc1F)Nc1ccc(Cl)cc1. The third-order valence-corrected chi connectivity index (χ3v) is 5.80. The summed E-state index contributed by atoms with van der Waals surface area (Å²) >= 11 is 5.68. The van der Waals surface area contributed by atoms with E-state index in [1.54, 1.807) is 6.08 Å². The minimum Gasteiger partial charge on any atom is -0.463 e. The van der Waals surface area contributed by atoms with E-state index in [0.717, 1.165) is 36.1 Å². The number of benzene rings is 2. The maximum absolute atomic E-state index is 13.4. The number of halogens is 3. The van der Waals surface area contributed by atoms with Crippen molar-refractivity contribution < 1.29 is 27.9 Å². The highest BCUT2D eigenvalue weighted by Gasteiger charge is 2.19. The van der Waals surface area contributed by atoms with Crippen LogP contribution < -0.4 is 10.6 Å². The molecular weight excluding hydrogens is 538 g/mol. The molecule has 218 valence electrons.